The van der Waals surface area contributed by atoms with Gasteiger partial charge in [-0.3, -0.25) is 4.79 Å². The molecule has 0 fully saturated rings. The van der Waals surface area contributed by atoms with Crippen molar-refractivity contribution in [3.8, 4) is 0 Å². The van der Waals surface area contributed by atoms with Crippen molar-refractivity contribution in [2.24, 2.45) is 0 Å². The summed E-state index contributed by atoms with van der Waals surface area (Å²) in [6.07, 6.45) is -0.652. The van der Waals surface area contributed by atoms with Crippen molar-refractivity contribution in [1.82, 2.24) is 5.32 Å². The minimum atomic E-state index is -0.748. The zero-order valence-electron chi connectivity index (χ0n) is 11.8. The molecule has 0 spiro atoms. The molecule has 0 radical (unpaired) electrons. The van der Waals surface area contributed by atoms with Gasteiger partial charge in [0.2, 0.25) is 5.91 Å². The molecule has 0 saturated carbocycles. The highest BCUT2D eigenvalue weighted by molar-refractivity contribution is 5.78. The molecule has 0 aliphatic rings. The topological polar surface area (TPSA) is 49.3 Å². The predicted octanol–water partition coefficient (Wildman–Crippen LogP) is 2.53. The van der Waals surface area contributed by atoms with Crippen LogP contribution in [-0.4, -0.2) is 17.6 Å². The summed E-state index contributed by atoms with van der Waals surface area (Å²) in [6.45, 7) is 2.05. The molecule has 2 rings (SSSR count). The summed E-state index contributed by atoms with van der Waals surface area (Å²) in [6, 6.07) is 13.4. The summed E-state index contributed by atoms with van der Waals surface area (Å²) in [4.78, 5) is 11.8. The van der Waals surface area contributed by atoms with Gasteiger partial charge >= 0.3 is 0 Å². The Morgan fingerprint density at radius 3 is 2.71 bits per heavy atom. The van der Waals surface area contributed by atoms with Gasteiger partial charge in [-0.05, 0) is 35.7 Å². The number of carbonyl (C=O) groups is 1. The average molecular weight is 287 g/mol. The normalized spacial score (nSPS) is 12.0. The molecule has 3 nitrogen and oxygen atoms in total. The van der Waals surface area contributed by atoms with Crippen LogP contribution in [0.15, 0.2) is 48.5 Å². The van der Waals surface area contributed by atoms with Crippen LogP contribution in [0.4, 0.5) is 4.39 Å². The second-order valence-corrected chi connectivity index (χ2v) is 4.98. The molecule has 2 aromatic rings. The molecular formula is C17H18FNO2. The van der Waals surface area contributed by atoms with Gasteiger partial charge in [0.05, 0.1) is 12.5 Å². The third-order valence-corrected chi connectivity index (χ3v) is 3.29. The summed E-state index contributed by atoms with van der Waals surface area (Å²) in [5.74, 6) is -0.603. The highest BCUT2D eigenvalue weighted by Gasteiger charge is 2.11. The van der Waals surface area contributed by atoms with Crippen molar-refractivity contribution in [3.63, 3.8) is 0 Å². The van der Waals surface area contributed by atoms with Crippen molar-refractivity contribution in [1.29, 1.82) is 0 Å². The highest BCUT2D eigenvalue weighted by Crippen LogP contribution is 2.16. The molecule has 0 aromatic heterocycles. The Balaban J connectivity index is 1.88. The maximum absolute atomic E-state index is 13.0. The molecule has 0 aliphatic carbocycles. The number of aliphatic hydroxyl groups is 1. The van der Waals surface area contributed by atoms with Gasteiger partial charge in [-0.15, -0.1) is 0 Å². The third-order valence-electron chi connectivity index (χ3n) is 3.29. The molecule has 0 saturated heterocycles. The van der Waals surface area contributed by atoms with E-state index in [2.05, 4.69) is 5.32 Å². The first-order valence-electron chi connectivity index (χ1n) is 6.81. The number of hydrogen-bond acceptors (Lipinski definition) is 2. The molecule has 1 unspecified atom stereocenters. The molecule has 0 bridgehead atoms. The maximum atomic E-state index is 13.0. The summed E-state index contributed by atoms with van der Waals surface area (Å²) in [5, 5.41) is 12.8. The Labute approximate surface area is 123 Å². The van der Waals surface area contributed by atoms with Gasteiger partial charge in [-0.1, -0.05) is 36.4 Å². The fourth-order valence-corrected chi connectivity index (χ4v) is 2.18. The number of benzene rings is 2. The Morgan fingerprint density at radius 2 is 2.00 bits per heavy atom. The van der Waals surface area contributed by atoms with Gasteiger partial charge in [0.15, 0.2) is 0 Å². The summed E-state index contributed by atoms with van der Waals surface area (Å²) < 4.78 is 13.0. The first-order valence-corrected chi connectivity index (χ1v) is 6.81. The van der Waals surface area contributed by atoms with E-state index in [1.807, 2.05) is 31.2 Å². The molecule has 110 valence electrons. The second-order valence-electron chi connectivity index (χ2n) is 4.98. The molecule has 1 atom stereocenters. The van der Waals surface area contributed by atoms with Gasteiger partial charge in [0, 0.05) is 6.54 Å². The smallest absolute Gasteiger partial charge is 0.224 e. The number of aliphatic hydroxyl groups excluding tert-OH is 1. The number of hydrogen-bond donors (Lipinski definition) is 2. The van der Waals surface area contributed by atoms with Gasteiger partial charge in [0.25, 0.3) is 0 Å². The van der Waals surface area contributed by atoms with E-state index in [0.29, 0.717) is 5.56 Å². The Hall–Kier alpha value is -2.20. The van der Waals surface area contributed by atoms with Crippen LogP contribution in [-0.2, 0) is 11.2 Å². The minimum absolute atomic E-state index is 0.0955. The molecule has 0 heterocycles. The molecular weight excluding hydrogens is 269 g/mol. The van der Waals surface area contributed by atoms with Crippen LogP contribution in [0.3, 0.4) is 0 Å². The van der Waals surface area contributed by atoms with Crippen LogP contribution in [0, 0.1) is 12.7 Å². The molecule has 2 N–H and O–H groups in total. The van der Waals surface area contributed by atoms with Crippen molar-refractivity contribution >= 4 is 5.91 Å². The van der Waals surface area contributed by atoms with Crippen LogP contribution in [0.25, 0.3) is 0 Å². The van der Waals surface area contributed by atoms with Crippen molar-refractivity contribution in [2.45, 2.75) is 19.4 Å². The van der Waals surface area contributed by atoms with Gasteiger partial charge in [0.1, 0.15) is 5.82 Å². The number of aryl methyl sites for hydroxylation is 1. The summed E-state index contributed by atoms with van der Waals surface area (Å²) in [5.41, 5.74) is 2.38. The monoisotopic (exact) mass is 287 g/mol. The minimum Gasteiger partial charge on any atom is -0.387 e. The fourth-order valence-electron chi connectivity index (χ4n) is 2.18. The number of halogens is 1. The number of nitrogens with one attached hydrogen (secondary N) is 1. The fraction of sp³-hybridized carbons (Fsp3) is 0.235. The first kappa shape index (κ1) is 15.2. The third kappa shape index (κ3) is 4.39. The van der Waals surface area contributed by atoms with Gasteiger partial charge in [-0.2, -0.15) is 0 Å². The largest absolute Gasteiger partial charge is 0.387 e. The van der Waals surface area contributed by atoms with Crippen molar-refractivity contribution in [3.05, 3.63) is 71.0 Å². The lowest BCUT2D eigenvalue weighted by Crippen LogP contribution is -2.29. The lowest BCUT2D eigenvalue weighted by atomic mass is 10.0. The van der Waals surface area contributed by atoms with Crippen LogP contribution < -0.4 is 5.32 Å². The predicted molar refractivity (Wildman–Crippen MR) is 79.3 cm³/mol. The lowest BCUT2D eigenvalue weighted by Gasteiger charge is -2.14. The van der Waals surface area contributed by atoms with Gasteiger partial charge in [-0.25, -0.2) is 4.39 Å². The first-order chi connectivity index (χ1) is 10.1. The number of rotatable bonds is 5. The molecule has 1 amide bonds. The standard InChI is InChI=1S/C17H18FNO2/c1-12-5-2-3-8-15(12)16(20)11-19-17(21)10-13-6-4-7-14(18)9-13/h2-9,16,20H,10-11H2,1H3,(H,19,21). The van der Waals surface area contributed by atoms with Crippen molar-refractivity contribution in [2.75, 3.05) is 6.54 Å². The lowest BCUT2D eigenvalue weighted by molar-refractivity contribution is -0.120. The summed E-state index contributed by atoms with van der Waals surface area (Å²) in [7, 11) is 0. The van der Waals surface area contributed by atoms with E-state index in [4.69, 9.17) is 0 Å². The molecule has 21 heavy (non-hydrogen) atoms. The molecule has 2 aromatic carbocycles. The average Bonchev–Trinajstić information content (AvgIpc) is 2.45. The zero-order valence-corrected chi connectivity index (χ0v) is 11.8. The van der Waals surface area contributed by atoms with E-state index in [0.717, 1.165) is 11.1 Å². The van der Waals surface area contributed by atoms with E-state index in [9.17, 15) is 14.3 Å². The Bertz CT molecular complexity index is 628. The van der Waals surface area contributed by atoms with E-state index in [-0.39, 0.29) is 24.7 Å². The van der Waals surface area contributed by atoms with Crippen LogP contribution >= 0.6 is 0 Å². The molecule has 0 aliphatic heterocycles. The van der Waals surface area contributed by atoms with E-state index >= 15 is 0 Å². The van der Waals surface area contributed by atoms with E-state index < -0.39 is 6.10 Å². The SMILES string of the molecule is Cc1ccccc1C(O)CNC(=O)Cc1cccc(F)c1. The van der Waals surface area contributed by atoms with E-state index in [1.165, 1.54) is 12.1 Å². The van der Waals surface area contributed by atoms with Crippen LogP contribution in [0.1, 0.15) is 22.8 Å². The number of amides is 1. The second kappa shape index (κ2) is 6.99. The maximum Gasteiger partial charge on any atom is 0.224 e. The Morgan fingerprint density at radius 1 is 1.24 bits per heavy atom. The van der Waals surface area contributed by atoms with Crippen molar-refractivity contribution < 1.29 is 14.3 Å². The highest BCUT2D eigenvalue weighted by atomic mass is 19.1. The molecule has 4 heteroatoms. The summed E-state index contributed by atoms with van der Waals surface area (Å²) >= 11 is 0. The van der Waals surface area contributed by atoms with Crippen LogP contribution in [0.5, 0.6) is 0 Å². The zero-order chi connectivity index (χ0) is 15.2. The quantitative estimate of drug-likeness (QED) is 0.888. The number of carbonyl (C=O) groups excluding carboxylic acids is 1. The van der Waals surface area contributed by atoms with E-state index in [1.54, 1.807) is 12.1 Å². The van der Waals surface area contributed by atoms with Gasteiger partial charge < -0.3 is 10.4 Å². The van der Waals surface area contributed by atoms with Crippen LogP contribution in [0.2, 0.25) is 0 Å². The Kier molecular flexibility index (Phi) is 5.06.